The van der Waals surface area contributed by atoms with Gasteiger partial charge in [0.1, 0.15) is 6.54 Å². The Morgan fingerprint density at radius 1 is 1.20 bits per heavy atom. The lowest BCUT2D eigenvalue weighted by Crippen LogP contribution is -2.55. The topological polar surface area (TPSA) is 77.6 Å². The highest BCUT2D eigenvalue weighted by molar-refractivity contribution is 5.77. The van der Waals surface area contributed by atoms with Gasteiger partial charge in [0.2, 0.25) is 5.91 Å². The summed E-state index contributed by atoms with van der Waals surface area (Å²) in [4.78, 5) is 26.8. The van der Waals surface area contributed by atoms with Gasteiger partial charge in [0.25, 0.3) is 0 Å². The first-order valence-corrected chi connectivity index (χ1v) is 8.77. The Labute approximate surface area is 145 Å². The largest absolute Gasteiger partial charge is 0.442 e. The van der Waals surface area contributed by atoms with E-state index in [9.17, 15) is 9.59 Å². The fourth-order valence-corrected chi connectivity index (χ4v) is 3.83. The van der Waals surface area contributed by atoms with Gasteiger partial charge in [-0.3, -0.25) is 9.32 Å². The minimum absolute atomic E-state index is 0.0597. The van der Waals surface area contributed by atoms with Gasteiger partial charge in [-0.05, 0) is 12.8 Å². The maximum Gasteiger partial charge on any atom is 0.442 e. The number of rotatable bonds is 3. The number of nitrogens with zero attached hydrogens (tertiary/aromatic N) is 3. The van der Waals surface area contributed by atoms with E-state index >= 15 is 0 Å². The molecule has 1 aromatic carbocycles. The fourth-order valence-electron chi connectivity index (χ4n) is 3.83. The summed E-state index contributed by atoms with van der Waals surface area (Å²) in [5, 5.41) is 3.85. The molecule has 25 heavy (non-hydrogen) atoms. The highest BCUT2D eigenvalue weighted by Crippen LogP contribution is 2.28. The van der Waals surface area contributed by atoms with Crippen LogP contribution >= 0.6 is 0 Å². The first-order valence-electron chi connectivity index (χ1n) is 8.77. The van der Waals surface area contributed by atoms with Gasteiger partial charge in [0.15, 0.2) is 5.82 Å². The number of amides is 1. The lowest BCUT2D eigenvalue weighted by Gasteiger charge is -2.43. The molecular weight excluding hydrogens is 322 g/mol. The van der Waals surface area contributed by atoms with E-state index in [-0.39, 0.29) is 24.6 Å². The number of benzene rings is 1. The Morgan fingerprint density at radius 3 is 2.84 bits per heavy atom. The minimum Gasteiger partial charge on any atom is -0.374 e. The van der Waals surface area contributed by atoms with Crippen molar-refractivity contribution < 1.29 is 14.1 Å². The smallest absolute Gasteiger partial charge is 0.374 e. The highest BCUT2D eigenvalue weighted by atomic mass is 16.5. The van der Waals surface area contributed by atoms with Crippen LogP contribution in [0.5, 0.6) is 0 Å². The van der Waals surface area contributed by atoms with Crippen LogP contribution in [0.3, 0.4) is 0 Å². The molecule has 1 aliphatic carbocycles. The summed E-state index contributed by atoms with van der Waals surface area (Å²) in [6.45, 7) is 1.06. The zero-order chi connectivity index (χ0) is 17.2. The molecule has 1 aromatic heterocycles. The summed E-state index contributed by atoms with van der Waals surface area (Å²) in [6.07, 6.45) is 4.33. The number of carbonyl (C=O) groups is 1. The normalized spacial score (nSPS) is 23.3. The van der Waals surface area contributed by atoms with Crippen LogP contribution in [-0.4, -0.2) is 45.8 Å². The van der Waals surface area contributed by atoms with E-state index < -0.39 is 5.76 Å². The molecule has 132 valence electrons. The lowest BCUT2D eigenvalue weighted by atomic mass is 9.90. The molecule has 0 radical (unpaired) electrons. The predicted octanol–water partition coefficient (Wildman–Crippen LogP) is 1.67. The van der Waals surface area contributed by atoms with Crippen molar-refractivity contribution in [3.8, 4) is 11.4 Å². The number of hydrogen-bond donors (Lipinski definition) is 0. The summed E-state index contributed by atoms with van der Waals surface area (Å²) in [7, 11) is 0. The molecule has 7 nitrogen and oxygen atoms in total. The first kappa shape index (κ1) is 16.1. The van der Waals surface area contributed by atoms with Crippen molar-refractivity contribution in [3.05, 3.63) is 40.9 Å². The summed E-state index contributed by atoms with van der Waals surface area (Å²) in [6, 6.07) is 9.39. The van der Waals surface area contributed by atoms with E-state index in [4.69, 9.17) is 9.26 Å². The molecule has 2 heterocycles. The van der Waals surface area contributed by atoms with E-state index in [2.05, 4.69) is 5.16 Å². The van der Waals surface area contributed by atoms with Crippen molar-refractivity contribution in [2.45, 2.75) is 44.4 Å². The van der Waals surface area contributed by atoms with Crippen molar-refractivity contribution in [2.75, 3.05) is 13.2 Å². The van der Waals surface area contributed by atoms with Gasteiger partial charge in [0, 0.05) is 12.1 Å². The Balaban J connectivity index is 1.57. The molecule has 1 aliphatic heterocycles. The Hall–Kier alpha value is -2.41. The van der Waals surface area contributed by atoms with Crippen LogP contribution < -0.4 is 5.76 Å². The monoisotopic (exact) mass is 343 g/mol. The van der Waals surface area contributed by atoms with E-state index in [1.54, 1.807) is 0 Å². The van der Waals surface area contributed by atoms with E-state index in [1.807, 2.05) is 35.2 Å². The molecule has 0 spiro atoms. The standard InChI is InChI=1S/C18H21N3O4/c22-16(20-10-11-24-15-9-5-4-8-14(15)20)12-21-17(19-25-18(21)23)13-6-2-1-3-7-13/h1-3,6-7,14-15H,4-5,8-12H2/t14-,15-/m1/s1. The summed E-state index contributed by atoms with van der Waals surface area (Å²) < 4.78 is 11.9. The number of morpholine rings is 1. The molecule has 0 bridgehead atoms. The third-order valence-electron chi connectivity index (χ3n) is 5.06. The molecule has 7 heteroatoms. The fraction of sp³-hybridized carbons (Fsp3) is 0.500. The molecule has 0 unspecified atom stereocenters. The van der Waals surface area contributed by atoms with E-state index in [1.165, 1.54) is 4.57 Å². The zero-order valence-electron chi connectivity index (χ0n) is 14.0. The van der Waals surface area contributed by atoms with Gasteiger partial charge >= 0.3 is 5.76 Å². The Morgan fingerprint density at radius 2 is 2.00 bits per heavy atom. The second-order valence-electron chi connectivity index (χ2n) is 6.57. The Kier molecular flexibility index (Phi) is 4.40. The summed E-state index contributed by atoms with van der Waals surface area (Å²) >= 11 is 0. The van der Waals surface area contributed by atoms with Crippen LogP contribution in [-0.2, 0) is 16.1 Å². The molecule has 2 fully saturated rings. The third kappa shape index (κ3) is 3.11. The number of ether oxygens (including phenoxy) is 1. The molecule has 2 aliphatic rings. The lowest BCUT2D eigenvalue weighted by molar-refractivity contribution is -0.150. The van der Waals surface area contributed by atoms with Gasteiger partial charge in [0.05, 0.1) is 18.8 Å². The molecule has 1 saturated carbocycles. The number of hydrogen-bond acceptors (Lipinski definition) is 5. The van der Waals surface area contributed by atoms with Gasteiger partial charge < -0.3 is 9.64 Å². The second kappa shape index (κ2) is 6.84. The average Bonchev–Trinajstić information content (AvgIpc) is 3.02. The molecule has 1 amide bonds. The number of aromatic nitrogens is 2. The first-order chi connectivity index (χ1) is 12.2. The predicted molar refractivity (Wildman–Crippen MR) is 89.9 cm³/mol. The minimum atomic E-state index is -0.611. The van der Waals surface area contributed by atoms with Crippen molar-refractivity contribution >= 4 is 5.91 Å². The highest BCUT2D eigenvalue weighted by Gasteiger charge is 2.37. The quantitative estimate of drug-likeness (QED) is 0.847. The molecule has 2 aromatic rings. The third-order valence-corrected chi connectivity index (χ3v) is 5.06. The summed E-state index contributed by atoms with van der Waals surface area (Å²) in [5.41, 5.74) is 0.749. The summed E-state index contributed by atoms with van der Waals surface area (Å²) in [5.74, 6) is -0.309. The van der Waals surface area contributed by atoms with Gasteiger partial charge in [-0.2, -0.15) is 0 Å². The van der Waals surface area contributed by atoms with E-state index in [0.29, 0.717) is 19.0 Å². The molecular formula is C18H21N3O4. The number of fused-ring (bicyclic) bond motifs is 1. The maximum atomic E-state index is 12.9. The van der Waals surface area contributed by atoms with Crippen molar-refractivity contribution in [1.82, 2.24) is 14.6 Å². The van der Waals surface area contributed by atoms with Crippen LogP contribution in [0, 0.1) is 0 Å². The molecule has 4 rings (SSSR count). The molecule has 2 atom stereocenters. The van der Waals surface area contributed by atoms with Gasteiger partial charge in [-0.1, -0.05) is 48.3 Å². The van der Waals surface area contributed by atoms with Crippen LogP contribution in [0.15, 0.2) is 39.6 Å². The molecule has 0 N–H and O–H groups in total. The van der Waals surface area contributed by atoms with Crippen LogP contribution in [0.1, 0.15) is 25.7 Å². The van der Waals surface area contributed by atoms with Crippen molar-refractivity contribution in [1.29, 1.82) is 0 Å². The second-order valence-corrected chi connectivity index (χ2v) is 6.57. The zero-order valence-corrected chi connectivity index (χ0v) is 14.0. The SMILES string of the molecule is O=C(Cn1c(-c2ccccc2)noc1=O)N1CCO[C@@H]2CCCC[C@H]21. The number of carbonyl (C=O) groups excluding carboxylic acids is 1. The molecule has 1 saturated heterocycles. The van der Waals surface area contributed by atoms with Gasteiger partial charge in [-0.15, -0.1) is 0 Å². The maximum absolute atomic E-state index is 12.9. The van der Waals surface area contributed by atoms with Crippen molar-refractivity contribution in [3.63, 3.8) is 0 Å². The van der Waals surface area contributed by atoms with Crippen molar-refractivity contribution in [2.24, 2.45) is 0 Å². The van der Waals surface area contributed by atoms with Crippen LogP contribution in [0.4, 0.5) is 0 Å². The Bertz CT molecular complexity index is 796. The van der Waals surface area contributed by atoms with Crippen LogP contribution in [0.25, 0.3) is 11.4 Å². The average molecular weight is 343 g/mol. The van der Waals surface area contributed by atoms with Crippen LogP contribution in [0.2, 0.25) is 0 Å². The van der Waals surface area contributed by atoms with Gasteiger partial charge in [-0.25, -0.2) is 9.36 Å². The van der Waals surface area contributed by atoms with E-state index in [0.717, 1.165) is 31.2 Å².